The monoisotopic (exact) mass is 267 g/mol. The van der Waals surface area contributed by atoms with Crippen molar-refractivity contribution < 1.29 is 14.6 Å². The average molecular weight is 267 g/mol. The summed E-state index contributed by atoms with van der Waals surface area (Å²) in [6, 6.07) is 3.94. The fourth-order valence-electron chi connectivity index (χ4n) is 2.08. The largest absolute Gasteiger partial charge is 0.496 e. The Bertz CT molecular complexity index is 416. The van der Waals surface area contributed by atoms with Gasteiger partial charge in [0, 0.05) is 25.8 Å². The van der Waals surface area contributed by atoms with Crippen LogP contribution in [-0.4, -0.2) is 39.0 Å². The zero-order chi connectivity index (χ0) is 14.5. The van der Waals surface area contributed by atoms with Gasteiger partial charge in [0.1, 0.15) is 11.4 Å². The Balaban J connectivity index is 2.91. The molecule has 4 heteroatoms. The Labute approximate surface area is 115 Å². The molecule has 108 valence electrons. The Morgan fingerprint density at radius 3 is 2.53 bits per heavy atom. The number of aliphatic hydroxyl groups is 1. The van der Waals surface area contributed by atoms with E-state index in [9.17, 15) is 5.11 Å². The number of hydrogen-bond donors (Lipinski definition) is 2. The van der Waals surface area contributed by atoms with Crippen molar-refractivity contribution in [1.82, 2.24) is 5.32 Å². The fraction of sp³-hybridized carbons (Fsp3) is 0.600. The van der Waals surface area contributed by atoms with Gasteiger partial charge in [-0.15, -0.1) is 0 Å². The molecule has 0 heterocycles. The number of methoxy groups -OCH3 is 2. The molecule has 1 aromatic rings. The number of nitrogens with one attached hydrogen (secondary N) is 1. The van der Waals surface area contributed by atoms with Crippen molar-refractivity contribution in [2.24, 2.45) is 0 Å². The van der Waals surface area contributed by atoms with Crippen LogP contribution in [0.3, 0.4) is 0 Å². The molecule has 1 unspecified atom stereocenters. The molecule has 19 heavy (non-hydrogen) atoms. The molecule has 0 aliphatic heterocycles. The minimum absolute atomic E-state index is 0.454. The summed E-state index contributed by atoms with van der Waals surface area (Å²) in [4.78, 5) is 0. The second-order valence-corrected chi connectivity index (χ2v) is 5.03. The van der Waals surface area contributed by atoms with E-state index in [0.717, 1.165) is 22.4 Å². The molecule has 0 saturated heterocycles. The van der Waals surface area contributed by atoms with Crippen molar-refractivity contribution in [3.63, 3.8) is 0 Å². The van der Waals surface area contributed by atoms with E-state index in [0.29, 0.717) is 19.7 Å². The van der Waals surface area contributed by atoms with Gasteiger partial charge in [-0.2, -0.15) is 0 Å². The topological polar surface area (TPSA) is 50.7 Å². The van der Waals surface area contributed by atoms with Gasteiger partial charge < -0.3 is 19.9 Å². The average Bonchev–Trinajstić information content (AvgIpc) is 2.37. The number of hydrogen-bond acceptors (Lipinski definition) is 4. The van der Waals surface area contributed by atoms with Gasteiger partial charge in [0.05, 0.1) is 13.7 Å². The summed E-state index contributed by atoms with van der Waals surface area (Å²) in [7, 11) is 3.30. The van der Waals surface area contributed by atoms with E-state index < -0.39 is 5.60 Å². The molecular weight excluding hydrogens is 242 g/mol. The first-order chi connectivity index (χ1) is 8.94. The summed E-state index contributed by atoms with van der Waals surface area (Å²) in [6.07, 6.45) is 0. The highest BCUT2D eigenvalue weighted by Gasteiger charge is 2.27. The van der Waals surface area contributed by atoms with E-state index in [4.69, 9.17) is 9.47 Å². The van der Waals surface area contributed by atoms with Crippen LogP contribution in [0.4, 0.5) is 0 Å². The number of benzene rings is 1. The second kappa shape index (κ2) is 6.89. The van der Waals surface area contributed by atoms with Crippen molar-refractivity contribution in [2.45, 2.75) is 26.4 Å². The maximum absolute atomic E-state index is 10.6. The second-order valence-electron chi connectivity index (χ2n) is 5.03. The van der Waals surface area contributed by atoms with E-state index in [-0.39, 0.29) is 0 Å². The summed E-state index contributed by atoms with van der Waals surface area (Å²) in [6.45, 7) is 7.62. The Hall–Kier alpha value is -1.10. The zero-order valence-corrected chi connectivity index (χ0v) is 12.5. The minimum atomic E-state index is -0.975. The maximum atomic E-state index is 10.6. The maximum Gasteiger partial charge on any atom is 0.128 e. The van der Waals surface area contributed by atoms with Crippen LogP contribution >= 0.6 is 0 Å². The molecular formula is C15H25NO3. The minimum Gasteiger partial charge on any atom is -0.496 e. The first-order valence-corrected chi connectivity index (χ1v) is 6.50. The molecule has 0 saturated carbocycles. The van der Waals surface area contributed by atoms with Gasteiger partial charge in [0.15, 0.2) is 0 Å². The van der Waals surface area contributed by atoms with Gasteiger partial charge in [0.2, 0.25) is 0 Å². The Morgan fingerprint density at radius 2 is 1.95 bits per heavy atom. The SMILES string of the molecule is COCCNCC(C)(O)c1ccc(C)c(C)c1OC. The molecule has 0 amide bonds. The van der Waals surface area contributed by atoms with Crippen LogP contribution in [-0.2, 0) is 10.3 Å². The lowest BCUT2D eigenvalue weighted by Crippen LogP contribution is -2.37. The lowest BCUT2D eigenvalue weighted by Gasteiger charge is -2.27. The molecule has 1 rings (SSSR count). The molecule has 0 aliphatic rings. The van der Waals surface area contributed by atoms with Crippen LogP contribution in [0.2, 0.25) is 0 Å². The summed E-state index contributed by atoms with van der Waals surface area (Å²) >= 11 is 0. The standard InChI is InChI=1S/C15H25NO3/c1-11-6-7-13(14(19-5)12(11)2)15(3,17)10-16-8-9-18-4/h6-7,16-17H,8-10H2,1-5H3. The van der Waals surface area contributed by atoms with Gasteiger partial charge in [-0.1, -0.05) is 12.1 Å². The van der Waals surface area contributed by atoms with Crippen LogP contribution in [0, 0.1) is 13.8 Å². The van der Waals surface area contributed by atoms with Gasteiger partial charge in [0.25, 0.3) is 0 Å². The molecule has 0 aliphatic carbocycles. The summed E-state index contributed by atoms with van der Waals surface area (Å²) in [5.41, 5.74) is 2.06. The smallest absolute Gasteiger partial charge is 0.128 e. The van der Waals surface area contributed by atoms with E-state index in [1.807, 2.05) is 26.0 Å². The zero-order valence-electron chi connectivity index (χ0n) is 12.5. The van der Waals surface area contributed by atoms with Crippen LogP contribution in [0.25, 0.3) is 0 Å². The number of rotatable bonds is 7. The molecule has 1 aromatic carbocycles. The lowest BCUT2D eigenvalue weighted by molar-refractivity contribution is 0.0523. The predicted molar refractivity (Wildman–Crippen MR) is 76.8 cm³/mol. The van der Waals surface area contributed by atoms with Crippen molar-refractivity contribution in [3.8, 4) is 5.75 Å². The van der Waals surface area contributed by atoms with E-state index >= 15 is 0 Å². The quantitative estimate of drug-likeness (QED) is 0.739. The molecule has 0 radical (unpaired) electrons. The van der Waals surface area contributed by atoms with Crippen LogP contribution < -0.4 is 10.1 Å². The third-order valence-corrected chi connectivity index (χ3v) is 3.41. The molecule has 0 spiro atoms. The van der Waals surface area contributed by atoms with Gasteiger partial charge in [-0.3, -0.25) is 0 Å². The fourth-order valence-corrected chi connectivity index (χ4v) is 2.08. The van der Waals surface area contributed by atoms with Crippen molar-refractivity contribution in [3.05, 3.63) is 28.8 Å². The van der Waals surface area contributed by atoms with E-state index in [1.165, 1.54) is 0 Å². The van der Waals surface area contributed by atoms with Gasteiger partial charge in [-0.25, -0.2) is 0 Å². The highest BCUT2D eigenvalue weighted by molar-refractivity contribution is 5.47. The first kappa shape index (κ1) is 16.0. The van der Waals surface area contributed by atoms with E-state index in [1.54, 1.807) is 21.1 Å². The van der Waals surface area contributed by atoms with Crippen molar-refractivity contribution >= 4 is 0 Å². The molecule has 4 nitrogen and oxygen atoms in total. The number of aryl methyl sites for hydroxylation is 1. The summed E-state index contributed by atoms with van der Waals surface area (Å²) in [5.74, 6) is 0.763. The summed E-state index contributed by atoms with van der Waals surface area (Å²) in [5, 5.41) is 13.8. The number of ether oxygens (including phenoxy) is 2. The highest BCUT2D eigenvalue weighted by Crippen LogP contribution is 2.33. The van der Waals surface area contributed by atoms with Crippen LogP contribution in [0.15, 0.2) is 12.1 Å². The Kier molecular flexibility index (Phi) is 5.79. The van der Waals surface area contributed by atoms with Gasteiger partial charge >= 0.3 is 0 Å². The molecule has 0 fully saturated rings. The normalized spacial score (nSPS) is 14.2. The van der Waals surface area contributed by atoms with Crippen LogP contribution in [0.5, 0.6) is 5.75 Å². The lowest BCUT2D eigenvalue weighted by atomic mass is 9.91. The molecule has 0 aromatic heterocycles. The molecule has 0 bridgehead atoms. The third-order valence-electron chi connectivity index (χ3n) is 3.41. The molecule has 1 atom stereocenters. The third kappa shape index (κ3) is 3.93. The van der Waals surface area contributed by atoms with Gasteiger partial charge in [-0.05, 0) is 31.9 Å². The highest BCUT2D eigenvalue weighted by atomic mass is 16.5. The predicted octanol–water partition coefficient (Wildman–Crippen LogP) is 1.76. The van der Waals surface area contributed by atoms with E-state index in [2.05, 4.69) is 5.32 Å². The molecule has 2 N–H and O–H groups in total. The summed E-state index contributed by atoms with van der Waals surface area (Å²) < 4.78 is 10.4. The van der Waals surface area contributed by atoms with Crippen molar-refractivity contribution in [1.29, 1.82) is 0 Å². The van der Waals surface area contributed by atoms with Crippen molar-refractivity contribution in [2.75, 3.05) is 33.9 Å². The first-order valence-electron chi connectivity index (χ1n) is 6.50. The Morgan fingerprint density at radius 1 is 1.26 bits per heavy atom. The van der Waals surface area contributed by atoms with Crippen LogP contribution in [0.1, 0.15) is 23.6 Å².